The summed E-state index contributed by atoms with van der Waals surface area (Å²) in [7, 11) is -3.50. The second kappa shape index (κ2) is 8.75. The van der Waals surface area contributed by atoms with Crippen LogP contribution in [-0.2, 0) is 19.6 Å². The highest BCUT2D eigenvalue weighted by Gasteiger charge is 2.27. The number of carbonyl (C=O) groups excluding carboxylic acids is 2. The molecule has 0 aliphatic carbocycles. The predicted molar refractivity (Wildman–Crippen MR) is 109 cm³/mol. The van der Waals surface area contributed by atoms with Crippen LogP contribution >= 0.6 is 0 Å². The maximum absolute atomic E-state index is 12.5. The monoisotopic (exact) mass is 416 g/mol. The Labute approximate surface area is 170 Å². The highest BCUT2D eigenvalue weighted by atomic mass is 32.2. The molecule has 0 aromatic heterocycles. The molecule has 1 fully saturated rings. The van der Waals surface area contributed by atoms with Gasteiger partial charge in [0.2, 0.25) is 10.0 Å². The van der Waals surface area contributed by atoms with Crippen LogP contribution in [0, 0.1) is 6.92 Å². The van der Waals surface area contributed by atoms with Gasteiger partial charge in [0.25, 0.3) is 5.91 Å². The number of hydrogen-bond acceptors (Lipinski definition) is 5. The van der Waals surface area contributed by atoms with Crippen molar-refractivity contribution in [3.05, 3.63) is 59.7 Å². The van der Waals surface area contributed by atoms with Crippen LogP contribution in [0.2, 0.25) is 0 Å². The Bertz CT molecular complexity index is 996. The van der Waals surface area contributed by atoms with E-state index in [1.165, 1.54) is 35.5 Å². The van der Waals surface area contributed by atoms with E-state index in [0.29, 0.717) is 24.3 Å². The number of esters is 1. The van der Waals surface area contributed by atoms with Crippen molar-refractivity contribution in [2.75, 3.05) is 18.4 Å². The summed E-state index contributed by atoms with van der Waals surface area (Å²) >= 11 is 0. The largest absolute Gasteiger partial charge is 0.449 e. The lowest BCUT2D eigenvalue weighted by Gasteiger charge is -2.16. The summed E-state index contributed by atoms with van der Waals surface area (Å²) < 4.78 is 31.8. The number of benzene rings is 2. The van der Waals surface area contributed by atoms with Gasteiger partial charge in [0.05, 0.1) is 10.5 Å². The van der Waals surface area contributed by atoms with Crippen LogP contribution in [0.25, 0.3) is 0 Å². The number of rotatable bonds is 6. The van der Waals surface area contributed by atoms with Crippen LogP contribution in [0.15, 0.2) is 53.4 Å². The number of amides is 1. The first-order chi connectivity index (χ1) is 13.8. The minimum atomic E-state index is -3.50. The van der Waals surface area contributed by atoms with E-state index in [-0.39, 0.29) is 4.90 Å². The lowest BCUT2D eigenvalue weighted by Crippen LogP contribution is -2.30. The van der Waals surface area contributed by atoms with Crippen molar-refractivity contribution in [2.24, 2.45) is 0 Å². The zero-order valence-corrected chi connectivity index (χ0v) is 17.2. The van der Waals surface area contributed by atoms with Crippen molar-refractivity contribution >= 4 is 27.6 Å². The second-order valence-electron chi connectivity index (χ2n) is 6.99. The molecule has 1 heterocycles. The van der Waals surface area contributed by atoms with Crippen LogP contribution in [0.1, 0.15) is 35.7 Å². The van der Waals surface area contributed by atoms with Gasteiger partial charge in [0.1, 0.15) is 0 Å². The maximum atomic E-state index is 12.5. The van der Waals surface area contributed by atoms with E-state index >= 15 is 0 Å². The third-order valence-corrected chi connectivity index (χ3v) is 6.76. The van der Waals surface area contributed by atoms with Crippen molar-refractivity contribution in [3.63, 3.8) is 0 Å². The summed E-state index contributed by atoms with van der Waals surface area (Å²) in [6.45, 7) is 4.34. The number of ether oxygens (including phenoxy) is 1. The van der Waals surface area contributed by atoms with E-state index in [1.807, 2.05) is 6.07 Å². The summed E-state index contributed by atoms with van der Waals surface area (Å²) in [5.74, 6) is -1.07. The Balaban J connectivity index is 1.61. The first kappa shape index (κ1) is 21.0. The normalized spacial score (nSPS) is 15.7. The fourth-order valence-electron chi connectivity index (χ4n) is 3.11. The molecule has 8 heteroatoms. The van der Waals surface area contributed by atoms with Gasteiger partial charge in [0.15, 0.2) is 6.10 Å². The van der Waals surface area contributed by atoms with E-state index in [0.717, 1.165) is 18.4 Å². The number of hydrogen-bond donors (Lipinski definition) is 1. The molecule has 1 saturated heterocycles. The summed E-state index contributed by atoms with van der Waals surface area (Å²) in [5.41, 5.74) is 1.60. The summed E-state index contributed by atoms with van der Waals surface area (Å²) in [6, 6.07) is 13.0. The zero-order valence-electron chi connectivity index (χ0n) is 16.4. The van der Waals surface area contributed by atoms with E-state index < -0.39 is 28.0 Å². The molecular weight excluding hydrogens is 392 g/mol. The van der Waals surface area contributed by atoms with Gasteiger partial charge in [0, 0.05) is 18.8 Å². The van der Waals surface area contributed by atoms with Gasteiger partial charge in [-0.3, -0.25) is 4.79 Å². The molecule has 0 unspecified atom stereocenters. The molecule has 1 N–H and O–H groups in total. The average Bonchev–Trinajstić information content (AvgIpc) is 3.24. The van der Waals surface area contributed by atoms with Crippen molar-refractivity contribution < 1.29 is 22.7 Å². The molecule has 3 rings (SSSR count). The molecule has 1 atom stereocenters. The van der Waals surface area contributed by atoms with Gasteiger partial charge in [-0.25, -0.2) is 13.2 Å². The molecule has 0 spiro atoms. The average molecular weight is 416 g/mol. The van der Waals surface area contributed by atoms with Gasteiger partial charge in [-0.15, -0.1) is 0 Å². The molecule has 2 aromatic rings. The van der Waals surface area contributed by atoms with Gasteiger partial charge in [-0.05, 0) is 62.6 Å². The molecule has 1 amide bonds. The van der Waals surface area contributed by atoms with Crippen LogP contribution < -0.4 is 5.32 Å². The minimum Gasteiger partial charge on any atom is -0.449 e. The molecule has 0 bridgehead atoms. The van der Waals surface area contributed by atoms with Crippen LogP contribution in [0.4, 0.5) is 5.69 Å². The number of aryl methyl sites for hydroxylation is 1. The quantitative estimate of drug-likeness (QED) is 0.731. The summed E-state index contributed by atoms with van der Waals surface area (Å²) in [5, 5.41) is 2.64. The van der Waals surface area contributed by atoms with E-state index in [4.69, 9.17) is 4.74 Å². The molecule has 2 aromatic carbocycles. The fraction of sp³-hybridized carbons (Fsp3) is 0.333. The fourth-order valence-corrected chi connectivity index (χ4v) is 4.63. The first-order valence-corrected chi connectivity index (χ1v) is 10.9. The van der Waals surface area contributed by atoms with E-state index in [9.17, 15) is 18.0 Å². The number of carbonyl (C=O) groups is 2. The number of sulfonamides is 1. The highest BCUT2D eigenvalue weighted by molar-refractivity contribution is 7.89. The molecule has 1 aliphatic rings. The van der Waals surface area contributed by atoms with Crippen LogP contribution in [0.3, 0.4) is 0 Å². The summed E-state index contributed by atoms with van der Waals surface area (Å²) in [4.78, 5) is 24.8. The Morgan fingerprint density at radius 2 is 1.66 bits per heavy atom. The summed E-state index contributed by atoms with van der Waals surface area (Å²) in [6.07, 6.45) is 0.731. The van der Waals surface area contributed by atoms with Crippen molar-refractivity contribution in [3.8, 4) is 0 Å². The first-order valence-electron chi connectivity index (χ1n) is 9.47. The van der Waals surface area contributed by atoms with E-state index in [2.05, 4.69) is 5.32 Å². The number of nitrogens with zero attached hydrogens (tertiary/aromatic N) is 1. The minimum absolute atomic E-state index is 0.191. The number of anilines is 1. The Kier molecular flexibility index (Phi) is 6.34. The third-order valence-electron chi connectivity index (χ3n) is 4.84. The molecule has 7 nitrogen and oxygen atoms in total. The predicted octanol–water partition coefficient (Wildman–Crippen LogP) is 2.96. The molecular formula is C21H24N2O5S. The van der Waals surface area contributed by atoms with Crippen LogP contribution in [0.5, 0.6) is 0 Å². The molecule has 0 radical (unpaired) electrons. The van der Waals surface area contributed by atoms with Gasteiger partial charge < -0.3 is 10.1 Å². The van der Waals surface area contributed by atoms with Crippen molar-refractivity contribution in [1.29, 1.82) is 0 Å². The Hall–Kier alpha value is -2.71. The smallest absolute Gasteiger partial charge is 0.339 e. The number of nitrogens with one attached hydrogen (secondary N) is 1. The van der Waals surface area contributed by atoms with Crippen LogP contribution in [-0.4, -0.2) is 43.8 Å². The van der Waals surface area contributed by atoms with Crippen molar-refractivity contribution in [1.82, 2.24) is 4.31 Å². The standard InChI is InChI=1S/C21H24N2O5S/c1-15-7-3-4-8-19(15)21(25)28-16(2)20(24)22-17-9-11-18(12-10-17)29(26,27)23-13-5-6-14-23/h3-4,7-12,16H,5-6,13-14H2,1-2H3,(H,22,24)/t16-/m0/s1. The van der Waals surface area contributed by atoms with E-state index in [1.54, 1.807) is 25.1 Å². The lowest BCUT2D eigenvalue weighted by atomic mass is 10.1. The Morgan fingerprint density at radius 1 is 1.03 bits per heavy atom. The SMILES string of the molecule is Cc1ccccc1C(=O)O[C@@H](C)C(=O)Nc1ccc(S(=O)(=O)N2CCCC2)cc1. The Morgan fingerprint density at radius 3 is 2.28 bits per heavy atom. The lowest BCUT2D eigenvalue weighted by molar-refractivity contribution is -0.123. The van der Waals surface area contributed by atoms with Crippen molar-refractivity contribution in [2.45, 2.75) is 37.7 Å². The third kappa shape index (κ3) is 4.83. The molecule has 0 saturated carbocycles. The highest BCUT2D eigenvalue weighted by Crippen LogP contribution is 2.22. The molecule has 154 valence electrons. The second-order valence-corrected chi connectivity index (χ2v) is 8.93. The molecule has 29 heavy (non-hydrogen) atoms. The topological polar surface area (TPSA) is 92.8 Å². The zero-order chi connectivity index (χ0) is 21.0. The maximum Gasteiger partial charge on any atom is 0.339 e. The van der Waals surface area contributed by atoms with Gasteiger partial charge in [-0.1, -0.05) is 18.2 Å². The van der Waals surface area contributed by atoms with Gasteiger partial charge >= 0.3 is 5.97 Å². The van der Waals surface area contributed by atoms with Gasteiger partial charge in [-0.2, -0.15) is 4.31 Å². The molecule has 1 aliphatic heterocycles.